The van der Waals surface area contributed by atoms with E-state index < -0.39 is 0 Å². The molecule has 2 heterocycles. The largest absolute Gasteiger partial charge is 0.383 e. The third-order valence-electron chi connectivity index (χ3n) is 1.96. The van der Waals surface area contributed by atoms with Gasteiger partial charge in [-0.15, -0.1) is 0 Å². The lowest BCUT2D eigenvalue weighted by atomic mass is 10.1. The molecule has 0 aliphatic rings. The van der Waals surface area contributed by atoms with Crippen molar-refractivity contribution >= 4 is 16.9 Å². The van der Waals surface area contributed by atoms with Gasteiger partial charge in [0, 0.05) is 0 Å². The topological polar surface area (TPSA) is 80.5 Å². The van der Waals surface area contributed by atoms with Crippen molar-refractivity contribution in [3.63, 3.8) is 0 Å². The summed E-state index contributed by atoms with van der Waals surface area (Å²) in [6.45, 7) is 4.12. The van der Waals surface area contributed by atoms with E-state index in [1.807, 2.05) is 0 Å². The summed E-state index contributed by atoms with van der Waals surface area (Å²) in [4.78, 5) is 7.97. The lowest BCUT2D eigenvalue weighted by Crippen LogP contribution is -1.95. The molecule has 2 rings (SSSR count). The summed E-state index contributed by atoms with van der Waals surface area (Å²) in [6, 6.07) is 0. The highest BCUT2D eigenvalue weighted by Gasteiger charge is 2.12. The first-order valence-electron chi connectivity index (χ1n) is 4.14. The number of rotatable bonds is 1. The molecule has 0 bridgehead atoms. The van der Waals surface area contributed by atoms with Crippen LogP contribution >= 0.6 is 0 Å². The van der Waals surface area contributed by atoms with Crippen LogP contribution in [0.4, 0.5) is 5.82 Å². The summed E-state index contributed by atoms with van der Waals surface area (Å²) in [5, 5.41) is 7.82. The van der Waals surface area contributed by atoms with Gasteiger partial charge < -0.3 is 5.73 Å². The summed E-state index contributed by atoms with van der Waals surface area (Å²) in [5.74, 6) is 0.810. The molecule has 3 N–H and O–H groups in total. The summed E-state index contributed by atoms with van der Waals surface area (Å²) < 4.78 is 0. The number of nitrogen functional groups attached to an aromatic ring is 1. The van der Waals surface area contributed by atoms with Gasteiger partial charge in [0.15, 0.2) is 5.65 Å². The molecule has 13 heavy (non-hydrogen) atoms. The standard InChI is InChI=1S/C8H11N5/c1-4(2)6-5-7(9)10-3-11-8(5)13-12-6/h3-4H,1-2H3,(H3,9,10,11,12,13). The molecule has 2 aromatic heterocycles. The summed E-state index contributed by atoms with van der Waals surface area (Å²) in [5.41, 5.74) is 7.36. The van der Waals surface area contributed by atoms with E-state index in [0.29, 0.717) is 17.4 Å². The lowest BCUT2D eigenvalue weighted by Gasteiger charge is -2.00. The molecule has 68 valence electrons. The van der Waals surface area contributed by atoms with Crippen molar-refractivity contribution in [1.82, 2.24) is 20.2 Å². The molecule has 0 spiro atoms. The minimum atomic E-state index is 0.321. The van der Waals surface area contributed by atoms with Gasteiger partial charge in [-0.25, -0.2) is 9.97 Å². The van der Waals surface area contributed by atoms with Crippen molar-refractivity contribution in [1.29, 1.82) is 0 Å². The smallest absolute Gasteiger partial charge is 0.160 e. The van der Waals surface area contributed by atoms with Gasteiger partial charge in [-0.05, 0) is 5.92 Å². The van der Waals surface area contributed by atoms with Crippen LogP contribution in [0, 0.1) is 0 Å². The maximum Gasteiger partial charge on any atom is 0.160 e. The summed E-state index contributed by atoms with van der Waals surface area (Å²) in [6.07, 6.45) is 1.43. The Bertz CT molecular complexity index is 431. The summed E-state index contributed by atoms with van der Waals surface area (Å²) >= 11 is 0. The Balaban J connectivity index is 2.79. The van der Waals surface area contributed by atoms with Crippen LogP contribution in [0.3, 0.4) is 0 Å². The molecule has 0 amide bonds. The van der Waals surface area contributed by atoms with Crippen LogP contribution in [0.25, 0.3) is 11.0 Å². The van der Waals surface area contributed by atoms with Crippen molar-refractivity contribution in [3.8, 4) is 0 Å². The SMILES string of the molecule is CC(C)c1n[nH]c2ncnc(N)c12. The number of aromatic nitrogens is 4. The van der Waals surface area contributed by atoms with Gasteiger partial charge >= 0.3 is 0 Å². The number of fused-ring (bicyclic) bond motifs is 1. The van der Waals surface area contributed by atoms with E-state index in [1.54, 1.807) is 0 Å². The molecule has 0 saturated heterocycles. The van der Waals surface area contributed by atoms with Crippen LogP contribution in [0.2, 0.25) is 0 Å². The summed E-state index contributed by atoms with van der Waals surface area (Å²) in [7, 11) is 0. The van der Waals surface area contributed by atoms with Gasteiger partial charge in [0.25, 0.3) is 0 Å². The third kappa shape index (κ3) is 1.12. The molecule has 0 unspecified atom stereocenters. The maximum atomic E-state index is 5.73. The van der Waals surface area contributed by atoms with Gasteiger partial charge in [-0.2, -0.15) is 5.10 Å². The molecule has 5 heteroatoms. The molecule has 2 aromatic rings. The van der Waals surface area contributed by atoms with Crippen LogP contribution in [0.5, 0.6) is 0 Å². The van der Waals surface area contributed by atoms with Crippen LogP contribution < -0.4 is 5.73 Å². The molecule has 0 aromatic carbocycles. The molecule has 0 saturated carbocycles. The average molecular weight is 177 g/mol. The number of hydrogen-bond donors (Lipinski definition) is 2. The average Bonchev–Trinajstić information content (AvgIpc) is 2.49. The molecule has 0 atom stereocenters. The normalized spacial score (nSPS) is 11.3. The highest BCUT2D eigenvalue weighted by molar-refractivity contribution is 5.87. The number of hydrogen-bond acceptors (Lipinski definition) is 4. The number of anilines is 1. The molecule has 0 aliphatic carbocycles. The van der Waals surface area contributed by atoms with Crippen LogP contribution in [-0.2, 0) is 0 Å². The first-order chi connectivity index (χ1) is 6.20. The Morgan fingerprint density at radius 3 is 2.85 bits per heavy atom. The van der Waals surface area contributed by atoms with Gasteiger partial charge in [0.1, 0.15) is 12.1 Å². The van der Waals surface area contributed by atoms with Crippen molar-refractivity contribution in [2.45, 2.75) is 19.8 Å². The quantitative estimate of drug-likeness (QED) is 0.682. The van der Waals surface area contributed by atoms with Crippen molar-refractivity contribution in [2.24, 2.45) is 0 Å². The fraction of sp³-hybridized carbons (Fsp3) is 0.375. The molecular weight excluding hydrogens is 166 g/mol. The number of H-pyrrole nitrogens is 1. The van der Waals surface area contributed by atoms with E-state index in [1.165, 1.54) is 6.33 Å². The third-order valence-corrected chi connectivity index (χ3v) is 1.96. The predicted octanol–water partition coefficient (Wildman–Crippen LogP) is 1.06. The number of aromatic amines is 1. The molecule has 0 aliphatic heterocycles. The Morgan fingerprint density at radius 2 is 2.15 bits per heavy atom. The van der Waals surface area contributed by atoms with Crippen LogP contribution in [-0.4, -0.2) is 20.2 Å². The second-order valence-corrected chi connectivity index (χ2v) is 3.25. The minimum absolute atomic E-state index is 0.321. The van der Waals surface area contributed by atoms with Gasteiger partial charge in [0.05, 0.1) is 11.1 Å². The first kappa shape index (κ1) is 7.97. The van der Waals surface area contributed by atoms with E-state index >= 15 is 0 Å². The van der Waals surface area contributed by atoms with E-state index in [2.05, 4.69) is 34.0 Å². The van der Waals surface area contributed by atoms with Crippen LogP contribution in [0.1, 0.15) is 25.5 Å². The van der Waals surface area contributed by atoms with Crippen molar-refractivity contribution in [2.75, 3.05) is 5.73 Å². The number of nitrogens with two attached hydrogens (primary N) is 1. The Hall–Kier alpha value is -1.65. The second-order valence-electron chi connectivity index (χ2n) is 3.25. The van der Waals surface area contributed by atoms with Crippen molar-refractivity contribution < 1.29 is 0 Å². The highest BCUT2D eigenvalue weighted by Crippen LogP contribution is 2.24. The van der Waals surface area contributed by atoms with Crippen LogP contribution in [0.15, 0.2) is 6.33 Å². The number of nitrogens with zero attached hydrogens (tertiary/aromatic N) is 3. The Morgan fingerprint density at radius 1 is 1.38 bits per heavy atom. The zero-order valence-electron chi connectivity index (χ0n) is 7.57. The van der Waals surface area contributed by atoms with Crippen molar-refractivity contribution in [3.05, 3.63) is 12.0 Å². The second kappa shape index (κ2) is 2.69. The fourth-order valence-corrected chi connectivity index (χ4v) is 1.32. The van der Waals surface area contributed by atoms with E-state index in [-0.39, 0.29) is 0 Å². The molecule has 5 nitrogen and oxygen atoms in total. The monoisotopic (exact) mass is 177 g/mol. The van der Waals surface area contributed by atoms with Gasteiger partial charge in [0.2, 0.25) is 0 Å². The van der Waals surface area contributed by atoms with E-state index in [4.69, 9.17) is 5.73 Å². The lowest BCUT2D eigenvalue weighted by molar-refractivity contribution is 0.817. The predicted molar refractivity (Wildman–Crippen MR) is 50.2 cm³/mol. The van der Waals surface area contributed by atoms with Gasteiger partial charge in [-0.1, -0.05) is 13.8 Å². The van der Waals surface area contributed by atoms with E-state index in [0.717, 1.165) is 11.1 Å². The maximum absolute atomic E-state index is 5.73. The van der Waals surface area contributed by atoms with Gasteiger partial charge in [-0.3, -0.25) is 5.10 Å². The Labute approximate surface area is 75.4 Å². The minimum Gasteiger partial charge on any atom is -0.383 e. The molecule has 0 fully saturated rings. The van der Waals surface area contributed by atoms with E-state index in [9.17, 15) is 0 Å². The Kier molecular flexibility index (Phi) is 1.65. The zero-order valence-corrected chi connectivity index (χ0v) is 7.57. The fourth-order valence-electron chi connectivity index (χ4n) is 1.32. The first-order valence-corrected chi connectivity index (χ1v) is 4.14. The highest BCUT2D eigenvalue weighted by atomic mass is 15.2. The molecular formula is C8H11N5. The molecule has 0 radical (unpaired) electrons. The number of nitrogens with one attached hydrogen (secondary N) is 1. The zero-order chi connectivity index (χ0) is 9.42.